The van der Waals surface area contributed by atoms with Crippen LogP contribution in [0.5, 0.6) is 5.88 Å². The Kier molecular flexibility index (Phi) is 4.91. The highest BCUT2D eigenvalue weighted by molar-refractivity contribution is 5.24. The molecular weight excluding hydrogens is 291 g/mol. The highest BCUT2D eigenvalue weighted by Gasteiger charge is 2.23. The van der Waals surface area contributed by atoms with E-state index in [-0.39, 0.29) is 5.82 Å². The van der Waals surface area contributed by atoms with Crippen molar-refractivity contribution in [2.45, 2.75) is 26.3 Å². The lowest BCUT2D eigenvalue weighted by Gasteiger charge is -2.16. The summed E-state index contributed by atoms with van der Waals surface area (Å²) in [6.45, 7) is 4.84. The molecule has 122 valence electrons. The quantitative estimate of drug-likeness (QED) is 0.843. The third-order valence-corrected chi connectivity index (χ3v) is 4.49. The van der Waals surface area contributed by atoms with Crippen molar-refractivity contribution in [2.75, 3.05) is 20.2 Å². The van der Waals surface area contributed by atoms with Gasteiger partial charge in [-0.15, -0.1) is 0 Å². The van der Waals surface area contributed by atoms with Crippen LogP contribution in [0.3, 0.4) is 0 Å². The highest BCUT2D eigenvalue weighted by atomic mass is 19.1. The van der Waals surface area contributed by atoms with Crippen LogP contribution < -0.4 is 4.74 Å². The summed E-state index contributed by atoms with van der Waals surface area (Å²) in [4.78, 5) is 6.91. The van der Waals surface area contributed by atoms with E-state index in [9.17, 15) is 4.39 Å². The molecular formula is C19H23FN2O. The summed E-state index contributed by atoms with van der Waals surface area (Å²) in [5, 5.41) is 0. The van der Waals surface area contributed by atoms with Gasteiger partial charge in [-0.1, -0.05) is 18.2 Å². The molecule has 1 saturated heterocycles. The van der Waals surface area contributed by atoms with Gasteiger partial charge in [-0.05, 0) is 55.5 Å². The molecule has 0 spiro atoms. The molecule has 0 radical (unpaired) electrons. The van der Waals surface area contributed by atoms with Crippen LogP contribution in [0.1, 0.15) is 23.2 Å². The number of halogens is 1. The summed E-state index contributed by atoms with van der Waals surface area (Å²) < 4.78 is 18.5. The van der Waals surface area contributed by atoms with Crippen molar-refractivity contribution in [1.82, 2.24) is 9.88 Å². The average Bonchev–Trinajstić information content (AvgIpc) is 2.98. The van der Waals surface area contributed by atoms with Crippen molar-refractivity contribution in [2.24, 2.45) is 5.92 Å². The molecule has 0 saturated carbocycles. The predicted molar refractivity (Wildman–Crippen MR) is 89.0 cm³/mol. The fraction of sp³-hybridized carbons (Fsp3) is 0.421. The van der Waals surface area contributed by atoms with Crippen LogP contribution in [0.2, 0.25) is 0 Å². The van der Waals surface area contributed by atoms with Crippen LogP contribution in [0.15, 0.2) is 36.4 Å². The first-order valence-electron chi connectivity index (χ1n) is 8.11. The van der Waals surface area contributed by atoms with Crippen LogP contribution in [0, 0.1) is 18.7 Å². The van der Waals surface area contributed by atoms with E-state index in [0.29, 0.717) is 11.8 Å². The van der Waals surface area contributed by atoms with Crippen LogP contribution in [0.25, 0.3) is 0 Å². The van der Waals surface area contributed by atoms with Gasteiger partial charge in [0.05, 0.1) is 12.8 Å². The van der Waals surface area contributed by atoms with E-state index < -0.39 is 0 Å². The minimum Gasteiger partial charge on any atom is -0.481 e. The number of likely N-dealkylation sites (tertiary alicyclic amines) is 1. The molecule has 0 aliphatic carbocycles. The van der Waals surface area contributed by atoms with E-state index in [4.69, 9.17) is 4.74 Å². The van der Waals surface area contributed by atoms with E-state index in [0.717, 1.165) is 37.3 Å². The number of benzene rings is 1. The molecule has 4 heteroatoms. The topological polar surface area (TPSA) is 25.4 Å². The maximum atomic E-state index is 13.4. The standard InChI is InChI=1S/C19H23FN2O/c1-14-10-15(6-7-18(14)20)11-16-8-9-22(12-16)13-17-4-3-5-19(21-17)23-2/h3-7,10,16H,8-9,11-13H2,1-2H3. The van der Waals surface area contributed by atoms with Gasteiger partial charge in [-0.3, -0.25) is 4.90 Å². The van der Waals surface area contributed by atoms with Crippen molar-refractivity contribution in [1.29, 1.82) is 0 Å². The maximum Gasteiger partial charge on any atom is 0.213 e. The molecule has 0 N–H and O–H groups in total. The Balaban J connectivity index is 1.56. The van der Waals surface area contributed by atoms with E-state index in [1.807, 2.05) is 37.3 Å². The molecule has 3 rings (SSSR count). The van der Waals surface area contributed by atoms with Crippen LogP contribution >= 0.6 is 0 Å². The molecule has 1 fully saturated rings. The van der Waals surface area contributed by atoms with E-state index in [1.165, 1.54) is 12.0 Å². The Morgan fingerprint density at radius 1 is 1.30 bits per heavy atom. The number of rotatable bonds is 5. The lowest BCUT2D eigenvalue weighted by atomic mass is 9.97. The minimum atomic E-state index is -0.120. The Bertz CT molecular complexity index is 674. The van der Waals surface area contributed by atoms with Crippen molar-refractivity contribution < 1.29 is 9.13 Å². The smallest absolute Gasteiger partial charge is 0.213 e. The predicted octanol–water partition coefficient (Wildman–Crippen LogP) is 3.60. The van der Waals surface area contributed by atoms with E-state index in [1.54, 1.807) is 13.2 Å². The van der Waals surface area contributed by atoms with E-state index >= 15 is 0 Å². The van der Waals surface area contributed by atoms with Gasteiger partial charge >= 0.3 is 0 Å². The SMILES string of the molecule is COc1cccc(CN2CCC(Cc3ccc(F)c(C)c3)C2)n1. The zero-order chi connectivity index (χ0) is 16.2. The van der Waals surface area contributed by atoms with Gasteiger partial charge in [0.15, 0.2) is 0 Å². The number of nitrogens with zero attached hydrogens (tertiary/aromatic N) is 2. The van der Waals surface area contributed by atoms with Gasteiger partial charge < -0.3 is 4.74 Å². The number of pyridine rings is 1. The molecule has 1 aromatic carbocycles. The molecule has 1 aliphatic rings. The van der Waals surface area contributed by atoms with Crippen molar-refractivity contribution >= 4 is 0 Å². The second kappa shape index (κ2) is 7.09. The Labute approximate surface area is 137 Å². The third kappa shape index (κ3) is 4.08. The molecule has 23 heavy (non-hydrogen) atoms. The van der Waals surface area contributed by atoms with Gasteiger partial charge in [-0.25, -0.2) is 9.37 Å². The molecule has 1 aromatic heterocycles. The van der Waals surface area contributed by atoms with Crippen molar-refractivity contribution in [3.8, 4) is 5.88 Å². The fourth-order valence-corrected chi connectivity index (χ4v) is 3.28. The Morgan fingerprint density at radius 2 is 2.17 bits per heavy atom. The first-order chi connectivity index (χ1) is 11.1. The number of hydrogen-bond donors (Lipinski definition) is 0. The monoisotopic (exact) mass is 314 g/mol. The largest absolute Gasteiger partial charge is 0.481 e. The molecule has 1 atom stereocenters. The zero-order valence-electron chi connectivity index (χ0n) is 13.8. The summed E-state index contributed by atoms with van der Waals surface area (Å²) in [5.74, 6) is 1.18. The summed E-state index contributed by atoms with van der Waals surface area (Å²) in [7, 11) is 1.64. The average molecular weight is 314 g/mol. The minimum absolute atomic E-state index is 0.120. The second-order valence-electron chi connectivity index (χ2n) is 6.35. The first-order valence-corrected chi connectivity index (χ1v) is 8.11. The van der Waals surface area contributed by atoms with Crippen LogP contribution in [-0.2, 0) is 13.0 Å². The Morgan fingerprint density at radius 3 is 2.96 bits per heavy atom. The van der Waals surface area contributed by atoms with Gasteiger partial charge in [0.2, 0.25) is 5.88 Å². The Hall–Kier alpha value is -1.94. The molecule has 2 heterocycles. The number of aryl methyl sites for hydroxylation is 1. The normalized spacial score (nSPS) is 18.3. The van der Waals surface area contributed by atoms with Gasteiger partial charge in [-0.2, -0.15) is 0 Å². The van der Waals surface area contributed by atoms with Gasteiger partial charge in [0.1, 0.15) is 5.82 Å². The van der Waals surface area contributed by atoms with Crippen LogP contribution in [-0.4, -0.2) is 30.1 Å². The molecule has 2 aromatic rings. The number of ether oxygens (including phenoxy) is 1. The van der Waals surface area contributed by atoms with E-state index in [2.05, 4.69) is 9.88 Å². The van der Waals surface area contributed by atoms with Gasteiger partial charge in [0, 0.05) is 19.2 Å². The first kappa shape index (κ1) is 15.9. The third-order valence-electron chi connectivity index (χ3n) is 4.49. The summed E-state index contributed by atoms with van der Waals surface area (Å²) in [6, 6.07) is 11.4. The maximum absolute atomic E-state index is 13.4. The lowest BCUT2D eigenvalue weighted by Crippen LogP contribution is -2.21. The second-order valence-corrected chi connectivity index (χ2v) is 6.35. The number of aromatic nitrogens is 1. The number of hydrogen-bond acceptors (Lipinski definition) is 3. The molecule has 0 bridgehead atoms. The summed E-state index contributed by atoms with van der Waals surface area (Å²) in [6.07, 6.45) is 2.20. The van der Waals surface area contributed by atoms with Crippen molar-refractivity contribution in [3.05, 3.63) is 59.0 Å². The zero-order valence-corrected chi connectivity index (χ0v) is 13.8. The van der Waals surface area contributed by atoms with Crippen molar-refractivity contribution in [3.63, 3.8) is 0 Å². The van der Waals surface area contributed by atoms with Gasteiger partial charge in [0.25, 0.3) is 0 Å². The lowest BCUT2D eigenvalue weighted by molar-refractivity contribution is 0.309. The molecule has 0 amide bonds. The molecule has 1 unspecified atom stereocenters. The number of methoxy groups -OCH3 is 1. The highest BCUT2D eigenvalue weighted by Crippen LogP contribution is 2.23. The summed E-state index contributed by atoms with van der Waals surface area (Å²) >= 11 is 0. The fourth-order valence-electron chi connectivity index (χ4n) is 3.28. The van der Waals surface area contributed by atoms with Crippen LogP contribution in [0.4, 0.5) is 4.39 Å². The molecule has 3 nitrogen and oxygen atoms in total. The summed E-state index contributed by atoms with van der Waals surface area (Å²) in [5.41, 5.74) is 3.01. The molecule has 1 aliphatic heterocycles.